The molecule has 3 fully saturated rings. The molecule has 1 spiro atoms. The highest BCUT2D eigenvalue weighted by Crippen LogP contribution is 2.41. The van der Waals surface area contributed by atoms with E-state index in [1.807, 2.05) is 0 Å². The number of fused-ring (bicyclic) bond motifs is 1. The molecule has 10 nitrogen and oxygen atoms in total. The summed E-state index contributed by atoms with van der Waals surface area (Å²) < 4.78 is 54.1. The number of rotatable bonds is 5. The summed E-state index contributed by atoms with van der Waals surface area (Å²) in [6.07, 6.45) is -0.872. The molecule has 1 saturated carbocycles. The second-order valence-corrected chi connectivity index (χ2v) is 11.3. The number of likely N-dealkylation sites (tertiary alicyclic amines) is 1. The number of halogens is 4. The quantitative estimate of drug-likeness (QED) is 0.338. The van der Waals surface area contributed by atoms with Crippen molar-refractivity contribution in [2.45, 2.75) is 49.9 Å². The Morgan fingerprint density at radius 1 is 1.09 bits per heavy atom. The Balaban J connectivity index is 1.22. The van der Waals surface area contributed by atoms with Crippen LogP contribution in [0.1, 0.15) is 48.0 Å². The molecule has 5 amide bonds. The molecule has 6 rings (SSSR count). The Bertz CT molecular complexity index is 1630. The number of imide groups is 1. The third kappa shape index (κ3) is 4.78. The number of likely N-dealkylation sites (N-methyl/N-ethyl adjacent to an activating group) is 1. The third-order valence-corrected chi connectivity index (χ3v) is 8.91. The molecular formula is C29H28F4N6O4. The topological polar surface area (TPSA) is 119 Å². The zero-order valence-electron chi connectivity index (χ0n) is 23.1. The molecule has 3 aromatic rings. The summed E-state index contributed by atoms with van der Waals surface area (Å²) in [5, 5.41) is 10.1. The lowest BCUT2D eigenvalue weighted by molar-refractivity contribution is -0.140. The van der Waals surface area contributed by atoms with Crippen LogP contribution in [0.3, 0.4) is 0 Å². The van der Waals surface area contributed by atoms with Gasteiger partial charge in [-0.2, -0.15) is 18.3 Å². The molecule has 1 aliphatic carbocycles. The number of H-pyrrole nitrogens is 1. The van der Waals surface area contributed by atoms with Crippen LogP contribution in [0.4, 0.5) is 28.0 Å². The van der Waals surface area contributed by atoms with Crippen LogP contribution in [-0.2, 0) is 15.8 Å². The Kier molecular flexibility index (Phi) is 6.89. The van der Waals surface area contributed by atoms with Gasteiger partial charge in [-0.1, -0.05) is 6.42 Å². The number of aromatic amines is 1. The number of piperidine rings is 1. The molecule has 43 heavy (non-hydrogen) atoms. The van der Waals surface area contributed by atoms with Gasteiger partial charge in [-0.15, -0.1) is 0 Å². The number of hydrogen-bond acceptors (Lipinski definition) is 5. The molecule has 2 saturated heterocycles. The molecule has 1 atom stereocenters. The van der Waals surface area contributed by atoms with E-state index in [0.29, 0.717) is 36.7 Å². The smallest absolute Gasteiger partial charge is 0.341 e. The summed E-state index contributed by atoms with van der Waals surface area (Å²) in [6, 6.07) is 5.24. The SMILES string of the molecule is CN1C(=O)N(c2ccc3[nH]ncc3c2)C2(CCN(C(=O)[C@H](NC(=O)c3cc(C(F)(F)F)ccc3F)C3CCC3)CC2)C1=O. The van der Waals surface area contributed by atoms with Crippen molar-refractivity contribution in [2.75, 3.05) is 25.0 Å². The molecule has 1 aromatic heterocycles. The Morgan fingerprint density at radius 2 is 1.81 bits per heavy atom. The number of carbonyl (C=O) groups excluding carboxylic acids is 4. The summed E-state index contributed by atoms with van der Waals surface area (Å²) >= 11 is 0. The van der Waals surface area contributed by atoms with Crippen LogP contribution in [0, 0.1) is 11.7 Å². The highest BCUT2D eigenvalue weighted by molar-refractivity contribution is 6.17. The fourth-order valence-electron chi connectivity index (χ4n) is 6.23. The van der Waals surface area contributed by atoms with Gasteiger partial charge in [-0.25, -0.2) is 9.18 Å². The lowest BCUT2D eigenvalue weighted by Crippen LogP contribution is -2.61. The maximum Gasteiger partial charge on any atom is 0.416 e. The van der Waals surface area contributed by atoms with E-state index in [1.54, 1.807) is 24.4 Å². The summed E-state index contributed by atoms with van der Waals surface area (Å²) in [4.78, 5) is 57.5. The molecule has 2 N–H and O–H groups in total. The van der Waals surface area contributed by atoms with Crippen LogP contribution in [0.25, 0.3) is 10.9 Å². The molecular weight excluding hydrogens is 572 g/mol. The number of amides is 5. The van der Waals surface area contributed by atoms with Crippen molar-refractivity contribution in [1.82, 2.24) is 25.3 Å². The maximum absolute atomic E-state index is 14.4. The van der Waals surface area contributed by atoms with Gasteiger partial charge >= 0.3 is 12.2 Å². The van der Waals surface area contributed by atoms with E-state index in [-0.39, 0.29) is 37.8 Å². The average molecular weight is 601 g/mol. The molecule has 3 aliphatic rings. The van der Waals surface area contributed by atoms with Crippen molar-refractivity contribution in [3.05, 3.63) is 59.5 Å². The second kappa shape index (κ2) is 10.3. The van der Waals surface area contributed by atoms with Crippen LogP contribution in [0.2, 0.25) is 0 Å². The lowest BCUT2D eigenvalue weighted by Gasteiger charge is -2.44. The standard InChI is InChI=1S/C29H28F4N6O4/c1-37-26(42)28(39(27(37)43)19-6-8-22-17(13-19)15-34-36-22)9-11-38(12-10-28)25(41)23(16-3-2-4-16)35-24(40)20-14-18(29(31,32)33)5-7-21(20)30/h5-8,13-16,23H,2-4,9-12H2,1H3,(H,34,36)(H,35,40)/t23-/m1/s1. The zero-order valence-corrected chi connectivity index (χ0v) is 23.1. The van der Waals surface area contributed by atoms with E-state index in [2.05, 4.69) is 15.5 Å². The van der Waals surface area contributed by atoms with E-state index in [1.165, 1.54) is 16.8 Å². The van der Waals surface area contributed by atoms with E-state index < -0.39 is 52.5 Å². The van der Waals surface area contributed by atoms with E-state index in [9.17, 15) is 36.7 Å². The molecule has 0 bridgehead atoms. The number of nitrogens with zero attached hydrogens (tertiary/aromatic N) is 4. The molecule has 3 heterocycles. The monoisotopic (exact) mass is 600 g/mol. The zero-order chi connectivity index (χ0) is 30.7. The molecule has 14 heteroatoms. The minimum atomic E-state index is -4.78. The van der Waals surface area contributed by atoms with E-state index in [0.717, 1.165) is 22.2 Å². The first kappa shape index (κ1) is 28.6. The van der Waals surface area contributed by atoms with E-state index >= 15 is 0 Å². The van der Waals surface area contributed by atoms with Crippen LogP contribution in [0.15, 0.2) is 42.6 Å². The molecule has 0 unspecified atom stereocenters. The summed E-state index contributed by atoms with van der Waals surface area (Å²) in [6.45, 7) is 0.181. The first-order valence-corrected chi connectivity index (χ1v) is 13.9. The van der Waals surface area contributed by atoms with Gasteiger partial charge in [0.1, 0.15) is 17.4 Å². The van der Waals surface area contributed by atoms with Crippen LogP contribution in [0.5, 0.6) is 0 Å². The molecule has 2 aromatic carbocycles. The summed E-state index contributed by atoms with van der Waals surface area (Å²) in [5.41, 5.74) is -1.93. The number of urea groups is 1. The van der Waals surface area contributed by atoms with Crippen molar-refractivity contribution in [3.8, 4) is 0 Å². The number of benzene rings is 2. The number of aromatic nitrogens is 2. The molecule has 226 valence electrons. The minimum absolute atomic E-state index is 0.0904. The van der Waals surface area contributed by atoms with Gasteiger partial charge in [0.25, 0.3) is 11.8 Å². The Hall–Kier alpha value is -4.49. The van der Waals surface area contributed by atoms with E-state index in [4.69, 9.17) is 0 Å². The first-order valence-electron chi connectivity index (χ1n) is 13.9. The van der Waals surface area contributed by atoms with Crippen LogP contribution < -0.4 is 10.2 Å². The first-order chi connectivity index (χ1) is 20.4. The summed E-state index contributed by atoms with van der Waals surface area (Å²) in [7, 11) is 1.41. The van der Waals surface area contributed by atoms with Crippen molar-refractivity contribution in [2.24, 2.45) is 5.92 Å². The maximum atomic E-state index is 14.4. The summed E-state index contributed by atoms with van der Waals surface area (Å²) in [5.74, 6) is -3.36. The lowest BCUT2D eigenvalue weighted by atomic mass is 9.78. The number of nitrogens with one attached hydrogen (secondary N) is 2. The second-order valence-electron chi connectivity index (χ2n) is 11.3. The fourth-order valence-corrected chi connectivity index (χ4v) is 6.23. The third-order valence-electron chi connectivity index (χ3n) is 8.91. The van der Waals surface area contributed by atoms with Gasteiger partial charge in [-0.3, -0.25) is 29.3 Å². The number of carbonyl (C=O) groups is 4. The van der Waals surface area contributed by atoms with Crippen LogP contribution in [-0.4, -0.2) is 75.5 Å². The van der Waals surface area contributed by atoms with Crippen LogP contribution >= 0.6 is 0 Å². The largest absolute Gasteiger partial charge is 0.416 e. The highest BCUT2D eigenvalue weighted by Gasteiger charge is 2.58. The fraction of sp³-hybridized carbons (Fsp3) is 0.414. The van der Waals surface area contributed by atoms with Gasteiger partial charge in [0.15, 0.2) is 0 Å². The van der Waals surface area contributed by atoms with Crippen molar-refractivity contribution in [3.63, 3.8) is 0 Å². The number of hydrogen-bond donors (Lipinski definition) is 2. The van der Waals surface area contributed by atoms with Gasteiger partial charge < -0.3 is 10.2 Å². The molecule has 2 aliphatic heterocycles. The Labute approximate surface area is 243 Å². The molecule has 0 radical (unpaired) electrons. The van der Waals surface area contributed by atoms with Crippen molar-refractivity contribution in [1.29, 1.82) is 0 Å². The van der Waals surface area contributed by atoms with Gasteiger partial charge in [0, 0.05) is 31.2 Å². The van der Waals surface area contributed by atoms with Crippen molar-refractivity contribution >= 4 is 40.3 Å². The Morgan fingerprint density at radius 3 is 2.47 bits per heavy atom. The van der Waals surface area contributed by atoms with Crippen molar-refractivity contribution < 1.29 is 36.7 Å². The van der Waals surface area contributed by atoms with Gasteiger partial charge in [0.2, 0.25) is 5.91 Å². The normalized spacial score (nSPS) is 19.7. The number of alkyl halides is 3. The number of anilines is 1. The highest BCUT2D eigenvalue weighted by atomic mass is 19.4. The predicted octanol–water partition coefficient (Wildman–Crippen LogP) is 4.08. The minimum Gasteiger partial charge on any atom is -0.341 e. The predicted molar refractivity (Wildman–Crippen MR) is 145 cm³/mol. The average Bonchev–Trinajstić information content (AvgIpc) is 3.48. The van der Waals surface area contributed by atoms with Gasteiger partial charge in [0.05, 0.1) is 22.8 Å². The van der Waals surface area contributed by atoms with Gasteiger partial charge in [-0.05, 0) is 68.0 Å².